The van der Waals surface area contributed by atoms with Crippen molar-refractivity contribution in [1.82, 2.24) is 19.3 Å². The van der Waals surface area contributed by atoms with Crippen LogP contribution < -0.4 is 0 Å². The summed E-state index contributed by atoms with van der Waals surface area (Å²) in [6.45, 7) is 5.80. The molecule has 3 aromatic heterocycles. The van der Waals surface area contributed by atoms with Crippen LogP contribution in [0.3, 0.4) is 0 Å². The van der Waals surface area contributed by atoms with Crippen LogP contribution in [0.4, 0.5) is 0 Å². The van der Waals surface area contributed by atoms with Crippen molar-refractivity contribution in [2.24, 2.45) is 0 Å². The van der Waals surface area contributed by atoms with Crippen LogP contribution in [0.25, 0.3) is 10.7 Å². The van der Waals surface area contributed by atoms with Gasteiger partial charge in [0.15, 0.2) is 16.8 Å². The molecule has 0 bridgehead atoms. The molecule has 5 rings (SSSR count). The van der Waals surface area contributed by atoms with Crippen molar-refractivity contribution in [2.75, 3.05) is 12.4 Å². The average molecular weight is 443 g/mol. The first-order valence-corrected chi connectivity index (χ1v) is 12.4. The summed E-state index contributed by atoms with van der Waals surface area (Å²) in [5.41, 5.74) is 2.97. The van der Waals surface area contributed by atoms with Gasteiger partial charge in [0.25, 0.3) is 0 Å². The third kappa shape index (κ3) is 3.88. The summed E-state index contributed by atoms with van der Waals surface area (Å²) in [7, 11) is 0. The van der Waals surface area contributed by atoms with Crippen LogP contribution in [-0.4, -0.2) is 43.6 Å². The molecule has 8 heteroatoms. The molecule has 6 nitrogen and oxygen atoms in total. The molecule has 1 aliphatic carbocycles. The van der Waals surface area contributed by atoms with Crippen molar-refractivity contribution in [3.05, 3.63) is 40.5 Å². The Morgan fingerprint density at radius 3 is 2.87 bits per heavy atom. The number of rotatable bonds is 8. The zero-order valence-corrected chi connectivity index (χ0v) is 19.0. The van der Waals surface area contributed by atoms with Gasteiger partial charge in [-0.2, -0.15) is 0 Å². The van der Waals surface area contributed by atoms with E-state index < -0.39 is 0 Å². The topological polar surface area (TPSA) is 61.9 Å². The number of ether oxygens (including phenoxy) is 1. The summed E-state index contributed by atoms with van der Waals surface area (Å²) in [5, 5.41) is 11.8. The van der Waals surface area contributed by atoms with Crippen LogP contribution in [0.2, 0.25) is 0 Å². The average Bonchev–Trinajstić information content (AvgIpc) is 3.18. The number of thioether (sulfide) groups is 1. The molecule has 0 amide bonds. The van der Waals surface area contributed by atoms with E-state index in [0.717, 1.165) is 71.6 Å². The number of hydrogen-bond donors (Lipinski definition) is 0. The van der Waals surface area contributed by atoms with Gasteiger partial charge < -0.3 is 9.30 Å². The SMILES string of the molecule is Cc1cc(C(=O)CSc2nnc(-c3cccs3)n2C2CC2)c(C)n1C[C@@H]1CCCO1. The van der Waals surface area contributed by atoms with Crippen LogP contribution in [0, 0.1) is 13.8 Å². The fourth-order valence-corrected chi connectivity index (χ4v) is 5.77. The molecule has 0 radical (unpaired) electrons. The Labute approximate surface area is 184 Å². The number of aromatic nitrogens is 4. The van der Waals surface area contributed by atoms with Gasteiger partial charge in [0, 0.05) is 36.1 Å². The van der Waals surface area contributed by atoms with Gasteiger partial charge in [-0.05, 0) is 57.0 Å². The van der Waals surface area contributed by atoms with E-state index in [1.807, 2.05) is 19.1 Å². The number of ketones is 1. The first-order valence-electron chi connectivity index (χ1n) is 10.5. The molecule has 1 aliphatic heterocycles. The molecule has 0 aromatic carbocycles. The second-order valence-corrected chi connectivity index (χ2v) is 10.0. The van der Waals surface area contributed by atoms with Crippen molar-refractivity contribution >= 4 is 28.9 Å². The monoisotopic (exact) mass is 442 g/mol. The summed E-state index contributed by atoms with van der Waals surface area (Å²) in [6.07, 6.45) is 4.80. The summed E-state index contributed by atoms with van der Waals surface area (Å²) in [6, 6.07) is 6.60. The maximum absolute atomic E-state index is 13.1. The van der Waals surface area contributed by atoms with Crippen molar-refractivity contribution in [3.63, 3.8) is 0 Å². The smallest absolute Gasteiger partial charge is 0.192 e. The predicted molar refractivity (Wildman–Crippen MR) is 120 cm³/mol. The van der Waals surface area contributed by atoms with Crippen LogP contribution in [-0.2, 0) is 11.3 Å². The van der Waals surface area contributed by atoms with E-state index in [-0.39, 0.29) is 11.9 Å². The molecular formula is C22H26N4O2S2. The van der Waals surface area contributed by atoms with Gasteiger partial charge in [0.05, 0.1) is 16.7 Å². The fraction of sp³-hybridized carbons (Fsp3) is 0.500. The Hall–Kier alpha value is -1.90. The van der Waals surface area contributed by atoms with Gasteiger partial charge >= 0.3 is 0 Å². The Morgan fingerprint density at radius 2 is 2.17 bits per heavy atom. The Morgan fingerprint density at radius 1 is 1.30 bits per heavy atom. The summed E-state index contributed by atoms with van der Waals surface area (Å²) in [4.78, 5) is 14.2. The minimum absolute atomic E-state index is 0.148. The van der Waals surface area contributed by atoms with Gasteiger partial charge in [-0.1, -0.05) is 17.8 Å². The molecule has 0 unspecified atom stereocenters. The Kier molecular flexibility index (Phi) is 5.56. The standard InChI is InChI=1S/C22H26N4O2S2/c1-14-11-18(15(2)25(14)12-17-5-3-9-28-17)19(27)13-30-22-24-23-21(20-6-4-10-29-20)26(22)16-7-8-16/h4,6,10-11,16-17H,3,5,7-9,12-13H2,1-2H3/t17-/m0/s1. The van der Waals surface area contributed by atoms with Gasteiger partial charge in [-0.15, -0.1) is 21.5 Å². The number of Topliss-reactive ketones (excluding diaryl/α,β-unsaturated/α-hetero) is 1. The second kappa shape index (κ2) is 8.32. The summed E-state index contributed by atoms with van der Waals surface area (Å²) in [5.74, 6) is 1.45. The molecule has 158 valence electrons. The molecule has 1 atom stereocenters. The maximum atomic E-state index is 13.1. The van der Waals surface area contributed by atoms with E-state index >= 15 is 0 Å². The number of carbonyl (C=O) groups excluding carboxylic acids is 1. The van der Waals surface area contributed by atoms with E-state index in [2.05, 4.69) is 37.7 Å². The van der Waals surface area contributed by atoms with Crippen LogP contribution >= 0.6 is 23.1 Å². The number of aryl methyl sites for hydroxylation is 1. The van der Waals surface area contributed by atoms with Gasteiger partial charge in [0.2, 0.25) is 0 Å². The van der Waals surface area contributed by atoms with E-state index in [1.54, 1.807) is 11.3 Å². The van der Waals surface area contributed by atoms with Crippen molar-refractivity contribution in [3.8, 4) is 10.7 Å². The van der Waals surface area contributed by atoms with Gasteiger partial charge in [-0.25, -0.2) is 0 Å². The molecule has 1 saturated carbocycles. The van der Waals surface area contributed by atoms with E-state index in [4.69, 9.17) is 4.74 Å². The molecule has 30 heavy (non-hydrogen) atoms. The molecule has 2 fully saturated rings. The predicted octanol–water partition coefficient (Wildman–Crippen LogP) is 4.91. The highest BCUT2D eigenvalue weighted by atomic mass is 32.2. The van der Waals surface area contributed by atoms with Crippen LogP contribution in [0.5, 0.6) is 0 Å². The minimum Gasteiger partial charge on any atom is -0.376 e. The van der Waals surface area contributed by atoms with Crippen molar-refractivity contribution in [1.29, 1.82) is 0 Å². The number of hydrogen-bond acceptors (Lipinski definition) is 6. The van der Waals surface area contributed by atoms with Gasteiger partial charge in [0.1, 0.15) is 0 Å². The van der Waals surface area contributed by atoms with Crippen LogP contribution in [0.1, 0.15) is 53.5 Å². The number of carbonyl (C=O) groups is 1. The largest absolute Gasteiger partial charge is 0.376 e. The summed E-state index contributed by atoms with van der Waals surface area (Å²) >= 11 is 3.18. The van der Waals surface area contributed by atoms with Crippen LogP contribution in [0.15, 0.2) is 28.7 Å². The zero-order chi connectivity index (χ0) is 20.7. The summed E-state index contributed by atoms with van der Waals surface area (Å²) < 4.78 is 10.2. The van der Waals surface area contributed by atoms with Gasteiger partial charge in [-0.3, -0.25) is 9.36 Å². The maximum Gasteiger partial charge on any atom is 0.192 e. The molecule has 0 N–H and O–H groups in total. The first kappa shape index (κ1) is 20.0. The lowest BCUT2D eigenvalue weighted by Gasteiger charge is -2.14. The zero-order valence-electron chi connectivity index (χ0n) is 17.3. The first-order chi connectivity index (χ1) is 14.6. The van der Waals surface area contributed by atoms with E-state index in [1.165, 1.54) is 11.8 Å². The molecule has 0 spiro atoms. The fourth-order valence-electron chi connectivity index (χ4n) is 4.18. The highest BCUT2D eigenvalue weighted by molar-refractivity contribution is 7.99. The lowest BCUT2D eigenvalue weighted by Crippen LogP contribution is -2.17. The lowest BCUT2D eigenvalue weighted by atomic mass is 10.2. The Balaban J connectivity index is 1.31. The Bertz CT molecular complexity index is 1040. The highest BCUT2D eigenvalue weighted by Gasteiger charge is 2.31. The normalized spacial score (nSPS) is 18.9. The van der Waals surface area contributed by atoms with E-state index in [0.29, 0.717) is 11.8 Å². The third-order valence-electron chi connectivity index (χ3n) is 5.93. The highest BCUT2D eigenvalue weighted by Crippen LogP contribution is 2.41. The van der Waals surface area contributed by atoms with Crippen molar-refractivity contribution < 1.29 is 9.53 Å². The quantitative estimate of drug-likeness (QED) is 0.366. The van der Waals surface area contributed by atoms with Crippen molar-refractivity contribution in [2.45, 2.75) is 63.4 Å². The molecule has 4 heterocycles. The molecular weight excluding hydrogens is 416 g/mol. The number of thiophene rings is 1. The van der Waals surface area contributed by atoms with E-state index in [9.17, 15) is 4.79 Å². The molecule has 2 aliphatic rings. The lowest BCUT2D eigenvalue weighted by molar-refractivity contribution is 0.0957. The molecule has 1 saturated heterocycles. The minimum atomic E-state index is 0.148. The molecule has 3 aromatic rings. The number of nitrogens with zero attached hydrogens (tertiary/aromatic N) is 4. The third-order valence-corrected chi connectivity index (χ3v) is 7.74. The second-order valence-electron chi connectivity index (χ2n) is 8.13.